The van der Waals surface area contributed by atoms with E-state index in [1.807, 2.05) is 32.2 Å². The van der Waals surface area contributed by atoms with Crippen molar-refractivity contribution < 1.29 is 4.21 Å². The first-order valence-electron chi connectivity index (χ1n) is 6.47. The molecule has 0 aliphatic heterocycles. The molecule has 1 aromatic heterocycles. The van der Waals surface area contributed by atoms with Gasteiger partial charge in [-0.25, -0.2) is 4.98 Å². The van der Waals surface area contributed by atoms with Gasteiger partial charge < -0.3 is 9.88 Å². The molecule has 0 fully saturated rings. The lowest BCUT2D eigenvalue weighted by atomic mass is 10.3. The van der Waals surface area contributed by atoms with Crippen LogP contribution in [0.25, 0.3) is 11.0 Å². The molecule has 2 rings (SSSR count). The molecule has 4 nitrogen and oxygen atoms in total. The fourth-order valence-corrected chi connectivity index (χ4v) is 2.43. The van der Waals surface area contributed by atoms with Crippen LogP contribution in [0.2, 0.25) is 0 Å². The SMILES string of the molecule is CC(NCC(C)S(C)=O)c1nc2ccccc2n1C. The van der Waals surface area contributed by atoms with Crippen molar-refractivity contribution in [2.24, 2.45) is 7.05 Å². The van der Waals surface area contributed by atoms with Gasteiger partial charge in [-0.05, 0) is 26.0 Å². The third-order valence-corrected chi connectivity index (χ3v) is 4.79. The molecule has 1 aromatic carbocycles. The van der Waals surface area contributed by atoms with Gasteiger partial charge in [0.05, 0.1) is 17.1 Å². The highest BCUT2D eigenvalue weighted by Gasteiger charge is 2.15. The van der Waals surface area contributed by atoms with Crippen molar-refractivity contribution >= 4 is 21.8 Å². The Bertz CT molecular complexity index is 593. The van der Waals surface area contributed by atoms with Crippen molar-refractivity contribution in [2.75, 3.05) is 12.8 Å². The summed E-state index contributed by atoms with van der Waals surface area (Å²) in [6.45, 7) is 4.81. The number of hydrogen-bond acceptors (Lipinski definition) is 3. The summed E-state index contributed by atoms with van der Waals surface area (Å²) in [5, 5.41) is 3.56. The molecule has 5 heteroatoms. The molecule has 0 aliphatic carbocycles. The molecule has 0 amide bonds. The van der Waals surface area contributed by atoms with Crippen molar-refractivity contribution in [1.82, 2.24) is 14.9 Å². The van der Waals surface area contributed by atoms with Crippen molar-refractivity contribution in [3.8, 4) is 0 Å². The van der Waals surface area contributed by atoms with E-state index in [1.54, 1.807) is 6.26 Å². The van der Waals surface area contributed by atoms with E-state index < -0.39 is 10.8 Å². The van der Waals surface area contributed by atoms with Gasteiger partial charge in [-0.2, -0.15) is 0 Å². The van der Waals surface area contributed by atoms with Gasteiger partial charge in [0.15, 0.2) is 0 Å². The molecule has 1 heterocycles. The zero-order valence-corrected chi connectivity index (χ0v) is 12.7. The maximum absolute atomic E-state index is 11.4. The van der Waals surface area contributed by atoms with Crippen LogP contribution < -0.4 is 5.32 Å². The maximum atomic E-state index is 11.4. The van der Waals surface area contributed by atoms with E-state index in [2.05, 4.69) is 27.9 Å². The highest BCUT2D eigenvalue weighted by molar-refractivity contribution is 7.84. The van der Waals surface area contributed by atoms with Crippen LogP contribution in [-0.4, -0.2) is 31.8 Å². The number of benzene rings is 1. The molecule has 1 N–H and O–H groups in total. The second kappa shape index (κ2) is 5.84. The third-order valence-electron chi connectivity index (χ3n) is 3.49. The fraction of sp³-hybridized carbons (Fsp3) is 0.500. The van der Waals surface area contributed by atoms with Gasteiger partial charge in [0.2, 0.25) is 0 Å². The average molecular weight is 279 g/mol. The maximum Gasteiger partial charge on any atom is 0.126 e. The number of imidazole rings is 1. The highest BCUT2D eigenvalue weighted by Crippen LogP contribution is 2.19. The standard InChI is InChI=1S/C14H21N3OS/c1-10(19(4)18)9-15-11(2)14-16-12-7-5-6-8-13(12)17(14)3/h5-8,10-11,15H,9H2,1-4H3. The van der Waals surface area contributed by atoms with Crippen molar-refractivity contribution in [3.63, 3.8) is 0 Å². The number of nitrogens with zero attached hydrogens (tertiary/aromatic N) is 2. The van der Waals surface area contributed by atoms with E-state index in [0.29, 0.717) is 0 Å². The molecule has 0 radical (unpaired) electrons. The Kier molecular flexibility index (Phi) is 4.37. The minimum atomic E-state index is -0.793. The van der Waals surface area contributed by atoms with Crippen molar-refractivity contribution in [2.45, 2.75) is 25.1 Å². The molecule has 19 heavy (non-hydrogen) atoms. The largest absolute Gasteiger partial charge is 0.330 e. The molecular weight excluding hydrogens is 258 g/mol. The number of rotatable bonds is 5. The Morgan fingerprint density at radius 2 is 2.05 bits per heavy atom. The average Bonchev–Trinajstić information content (AvgIpc) is 2.73. The van der Waals surface area contributed by atoms with Crippen LogP contribution in [-0.2, 0) is 17.8 Å². The van der Waals surface area contributed by atoms with Gasteiger partial charge in [-0.1, -0.05) is 12.1 Å². The zero-order chi connectivity index (χ0) is 14.0. The summed E-state index contributed by atoms with van der Waals surface area (Å²) in [4.78, 5) is 4.66. The molecule has 0 saturated carbocycles. The van der Waals surface area contributed by atoms with Gasteiger partial charge >= 0.3 is 0 Å². The first kappa shape index (κ1) is 14.2. The molecule has 0 aliphatic rings. The Morgan fingerprint density at radius 3 is 2.68 bits per heavy atom. The second-order valence-corrected chi connectivity index (χ2v) is 6.76. The first-order chi connectivity index (χ1) is 9.00. The van der Waals surface area contributed by atoms with E-state index >= 15 is 0 Å². The Balaban J connectivity index is 2.15. The first-order valence-corrected chi connectivity index (χ1v) is 8.09. The van der Waals surface area contributed by atoms with Crippen LogP contribution in [0.4, 0.5) is 0 Å². The summed E-state index contributed by atoms with van der Waals surface area (Å²) in [5.74, 6) is 1.01. The summed E-state index contributed by atoms with van der Waals surface area (Å²) in [6.07, 6.45) is 1.74. The Labute approximate surface area is 116 Å². The van der Waals surface area contributed by atoms with E-state index in [-0.39, 0.29) is 11.3 Å². The number of nitrogens with one attached hydrogen (secondary N) is 1. The van der Waals surface area contributed by atoms with Gasteiger partial charge in [0.25, 0.3) is 0 Å². The monoisotopic (exact) mass is 279 g/mol. The predicted molar refractivity (Wildman–Crippen MR) is 80.7 cm³/mol. The molecule has 0 bridgehead atoms. The number of aryl methyl sites for hydroxylation is 1. The van der Waals surface area contributed by atoms with Crippen LogP contribution in [0.5, 0.6) is 0 Å². The number of para-hydroxylation sites is 2. The molecule has 104 valence electrons. The van der Waals surface area contributed by atoms with E-state index in [4.69, 9.17) is 0 Å². The lowest BCUT2D eigenvalue weighted by molar-refractivity contribution is 0.532. The van der Waals surface area contributed by atoms with Crippen LogP contribution in [0.3, 0.4) is 0 Å². The fourth-order valence-electron chi connectivity index (χ4n) is 2.10. The Morgan fingerprint density at radius 1 is 1.37 bits per heavy atom. The minimum absolute atomic E-state index is 0.142. The molecule has 3 unspecified atom stereocenters. The quantitative estimate of drug-likeness (QED) is 0.910. The van der Waals surface area contributed by atoms with Gasteiger partial charge in [-0.3, -0.25) is 4.21 Å². The molecular formula is C14H21N3OS. The van der Waals surface area contributed by atoms with Gasteiger partial charge in [-0.15, -0.1) is 0 Å². The molecule has 0 spiro atoms. The summed E-state index contributed by atoms with van der Waals surface area (Å²) in [5.41, 5.74) is 2.15. The van der Waals surface area contributed by atoms with Crippen LogP contribution in [0.15, 0.2) is 24.3 Å². The molecule has 0 saturated heterocycles. The number of aromatic nitrogens is 2. The summed E-state index contributed by atoms with van der Waals surface area (Å²) >= 11 is 0. The molecule has 3 atom stereocenters. The van der Waals surface area contributed by atoms with E-state index in [1.165, 1.54) is 0 Å². The van der Waals surface area contributed by atoms with E-state index in [0.717, 1.165) is 23.4 Å². The van der Waals surface area contributed by atoms with Crippen LogP contribution >= 0.6 is 0 Å². The van der Waals surface area contributed by atoms with Crippen molar-refractivity contribution in [1.29, 1.82) is 0 Å². The number of hydrogen-bond donors (Lipinski definition) is 1. The van der Waals surface area contributed by atoms with Gasteiger partial charge in [0.1, 0.15) is 5.82 Å². The minimum Gasteiger partial charge on any atom is -0.330 e. The third kappa shape index (κ3) is 3.04. The van der Waals surface area contributed by atoms with Crippen molar-refractivity contribution in [3.05, 3.63) is 30.1 Å². The normalized spacial score (nSPS) is 16.4. The number of fused-ring (bicyclic) bond motifs is 1. The smallest absolute Gasteiger partial charge is 0.126 e. The van der Waals surface area contributed by atoms with E-state index in [9.17, 15) is 4.21 Å². The molecule has 2 aromatic rings. The summed E-state index contributed by atoms with van der Waals surface area (Å²) < 4.78 is 13.5. The zero-order valence-electron chi connectivity index (χ0n) is 11.9. The Hall–Kier alpha value is -1.20. The summed E-state index contributed by atoms with van der Waals surface area (Å²) in [6, 6.07) is 8.26. The predicted octanol–water partition coefficient (Wildman–Crippen LogP) is 1.99. The lowest BCUT2D eigenvalue weighted by Crippen LogP contribution is -2.30. The highest BCUT2D eigenvalue weighted by atomic mass is 32.2. The van der Waals surface area contributed by atoms with Crippen LogP contribution in [0.1, 0.15) is 25.7 Å². The lowest BCUT2D eigenvalue weighted by Gasteiger charge is -2.16. The second-order valence-electron chi connectivity index (χ2n) is 4.96. The van der Waals surface area contributed by atoms with Gasteiger partial charge in [0, 0.05) is 35.9 Å². The summed E-state index contributed by atoms with van der Waals surface area (Å²) in [7, 11) is 1.24. The van der Waals surface area contributed by atoms with Crippen LogP contribution in [0, 0.1) is 0 Å². The topological polar surface area (TPSA) is 46.9 Å².